The summed E-state index contributed by atoms with van der Waals surface area (Å²) >= 11 is 0. The van der Waals surface area contributed by atoms with Gasteiger partial charge in [0.2, 0.25) is 0 Å². The summed E-state index contributed by atoms with van der Waals surface area (Å²) in [5.74, 6) is -1.41. The Hall–Kier alpha value is -3.66. The van der Waals surface area contributed by atoms with Crippen molar-refractivity contribution in [3.63, 3.8) is 0 Å². The standard InChI is InChI=1S/C30H23F2O3P/c31-23-11-15-25(16-12-23)36(35,26-17-13-24(32)14-18-26)29(30(34)19-20-30)27(21-7-3-1-4-8-21)28(33)22-9-5-2-6-10-22/h1-18,34H,19-20H2/b29-27-. The molecule has 0 heterocycles. The largest absolute Gasteiger partial charge is 0.385 e. The Balaban J connectivity index is 1.91. The van der Waals surface area contributed by atoms with E-state index in [4.69, 9.17) is 0 Å². The van der Waals surface area contributed by atoms with Gasteiger partial charge in [0.25, 0.3) is 0 Å². The molecule has 3 nitrogen and oxygen atoms in total. The minimum Gasteiger partial charge on any atom is -0.385 e. The first-order valence-electron chi connectivity index (χ1n) is 11.6. The minimum atomic E-state index is -3.95. The van der Waals surface area contributed by atoms with Crippen LogP contribution in [0, 0.1) is 11.6 Å². The predicted octanol–water partition coefficient (Wildman–Crippen LogP) is 6.10. The zero-order valence-electron chi connectivity index (χ0n) is 19.3. The van der Waals surface area contributed by atoms with Crippen LogP contribution in [0.2, 0.25) is 0 Å². The molecule has 4 aromatic rings. The number of carbonyl (C=O) groups excluding carboxylic acids is 1. The normalized spacial score (nSPS) is 15.2. The molecule has 0 saturated heterocycles. The monoisotopic (exact) mass is 500 g/mol. The summed E-state index contributed by atoms with van der Waals surface area (Å²) in [6.45, 7) is 0. The first-order valence-corrected chi connectivity index (χ1v) is 13.3. The molecule has 1 saturated carbocycles. The van der Waals surface area contributed by atoms with E-state index < -0.39 is 24.4 Å². The number of ketones is 1. The van der Waals surface area contributed by atoms with Crippen molar-refractivity contribution in [3.8, 4) is 0 Å². The number of benzene rings is 4. The first kappa shape index (κ1) is 24.1. The number of rotatable bonds is 7. The highest BCUT2D eigenvalue weighted by Crippen LogP contribution is 2.64. The highest BCUT2D eigenvalue weighted by atomic mass is 31.2. The van der Waals surface area contributed by atoms with Crippen molar-refractivity contribution in [2.45, 2.75) is 18.4 Å². The van der Waals surface area contributed by atoms with E-state index in [1.807, 2.05) is 0 Å². The van der Waals surface area contributed by atoms with E-state index in [0.29, 0.717) is 24.0 Å². The first-order chi connectivity index (χ1) is 17.3. The van der Waals surface area contributed by atoms with Crippen molar-refractivity contribution in [2.24, 2.45) is 0 Å². The summed E-state index contributed by atoms with van der Waals surface area (Å²) in [6, 6.07) is 27.8. The fraction of sp³-hybridized carbons (Fsp3) is 0.100. The Labute approximate surface area is 208 Å². The van der Waals surface area contributed by atoms with Crippen molar-refractivity contribution >= 4 is 29.1 Å². The van der Waals surface area contributed by atoms with E-state index in [1.54, 1.807) is 60.7 Å². The van der Waals surface area contributed by atoms with Crippen LogP contribution in [0.15, 0.2) is 115 Å². The second kappa shape index (κ2) is 9.42. The van der Waals surface area contributed by atoms with Crippen LogP contribution >= 0.6 is 7.14 Å². The highest BCUT2D eigenvalue weighted by Gasteiger charge is 2.54. The van der Waals surface area contributed by atoms with E-state index >= 15 is 4.57 Å². The SMILES string of the molecule is O=C(/C(=C(/C1(O)CC1)P(=O)(c1ccc(F)cc1)c1ccc(F)cc1)c1ccccc1)c1ccccc1. The third-order valence-corrected chi connectivity index (χ3v) is 9.74. The molecule has 1 fully saturated rings. The zero-order chi connectivity index (χ0) is 25.3. The van der Waals surface area contributed by atoms with Crippen LogP contribution in [0.1, 0.15) is 28.8 Å². The van der Waals surface area contributed by atoms with Gasteiger partial charge in [-0.3, -0.25) is 4.79 Å². The summed E-state index contributed by atoms with van der Waals surface area (Å²) in [5.41, 5.74) is -0.485. The lowest BCUT2D eigenvalue weighted by Gasteiger charge is -2.29. The fourth-order valence-corrected chi connectivity index (χ4v) is 7.77. The molecule has 0 spiro atoms. The molecule has 5 rings (SSSR count). The van der Waals surface area contributed by atoms with Crippen molar-refractivity contribution in [1.82, 2.24) is 0 Å². The second-order valence-electron chi connectivity index (χ2n) is 8.88. The molecule has 0 amide bonds. The molecule has 4 aromatic carbocycles. The average Bonchev–Trinajstić information content (AvgIpc) is 3.65. The van der Waals surface area contributed by atoms with Gasteiger partial charge in [-0.2, -0.15) is 0 Å². The molecule has 0 bridgehead atoms. The van der Waals surface area contributed by atoms with Crippen LogP contribution in [0.3, 0.4) is 0 Å². The summed E-state index contributed by atoms with van der Waals surface area (Å²) in [6.07, 6.45) is 0.625. The molecule has 6 heteroatoms. The van der Waals surface area contributed by atoms with Gasteiger partial charge in [0.15, 0.2) is 12.9 Å². The molecule has 0 atom stereocenters. The maximum atomic E-state index is 15.4. The van der Waals surface area contributed by atoms with E-state index in [9.17, 15) is 18.7 Å². The van der Waals surface area contributed by atoms with E-state index in [0.717, 1.165) is 0 Å². The number of allylic oxidation sites excluding steroid dienone is 1. The van der Waals surface area contributed by atoms with Crippen LogP contribution < -0.4 is 10.6 Å². The molecule has 180 valence electrons. The second-order valence-corrected chi connectivity index (χ2v) is 11.6. The van der Waals surface area contributed by atoms with Crippen LogP contribution in [0.4, 0.5) is 8.78 Å². The van der Waals surface area contributed by atoms with Crippen LogP contribution in [0.25, 0.3) is 5.57 Å². The third kappa shape index (κ3) is 4.37. The summed E-state index contributed by atoms with van der Waals surface area (Å²) < 4.78 is 43.2. The minimum absolute atomic E-state index is 0.0910. The molecule has 36 heavy (non-hydrogen) atoms. The van der Waals surface area contributed by atoms with Gasteiger partial charge in [-0.25, -0.2) is 8.78 Å². The molecule has 0 aliphatic heterocycles. The summed E-state index contributed by atoms with van der Waals surface area (Å²) in [5, 5.41) is 12.2. The molecule has 1 aliphatic carbocycles. The van der Waals surface area contributed by atoms with E-state index in [1.165, 1.54) is 48.5 Å². The Morgan fingerprint density at radius 2 is 1.08 bits per heavy atom. The lowest BCUT2D eigenvalue weighted by atomic mass is 9.94. The van der Waals surface area contributed by atoms with Crippen molar-refractivity contribution < 1.29 is 23.2 Å². The molecule has 0 unspecified atom stereocenters. The quantitative estimate of drug-likeness (QED) is 0.190. The van der Waals surface area contributed by atoms with Gasteiger partial charge < -0.3 is 9.67 Å². The molecule has 0 aromatic heterocycles. The topological polar surface area (TPSA) is 54.4 Å². The molecular formula is C30H23F2O3P. The van der Waals surface area contributed by atoms with Gasteiger partial charge >= 0.3 is 0 Å². The molecule has 1 aliphatic rings. The average molecular weight is 500 g/mol. The number of hydrogen-bond acceptors (Lipinski definition) is 3. The van der Waals surface area contributed by atoms with Crippen LogP contribution in [-0.2, 0) is 4.57 Å². The van der Waals surface area contributed by atoms with Crippen molar-refractivity contribution in [1.29, 1.82) is 0 Å². The van der Waals surface area contributed by atoms with Crippen molar-refractivity contribution in [3.05, 3.63) is 137 Å². The summed E-state index contributed by atoms with van der Waals surface area (Å²) in [7, 11) is -3.95. The Morgan fingerprint density at radius 1 is 0.667 bits per heavy atom. The van der Waals surface area contributed by atoms with Gasteiger partial charge in [0.1, 0.15) is 11.6 Å². The van der Waals surface area contributed by atoms with E-state index in [-0.39, 0.29) is 27.3 Å². The maximum absolute atomic E-state index is 15.4. The Morgan fingerprint density at radius 3 is 1.50 bits per heavy atom. The van der Waals surface area contributed by atoms with Gasteiger partial charge in [-0.15, -0.1) is 0 Å². The highest BCUT2D eigenvalue weighted by molar-refractivity contribution is 7.82. The smallest absolute Gasteiger partial charge is 0.194 e. The lowest BCUT2D eigenvalue weighted by molar-refractivity contribution is 0.105. The van der Waals surface area contributed by atoms with Crippen LogP contribution in [-0.4, -0.2) is 16.5 Å². The number of aliphatic hydroxyl groups is 1. The molecular weight excluding hydrogens is 477 g/mol. The lowest BCUT2D eigenvalue weighted by Crippen LogP contribution is -2.27. The van der Waals surface area contributed by atoms with Gasteiger partial charge in [-0.1, -0.05) is 60.7 Å². The summed E-state index contributed by atoms with van der Waals surface area (Å²) in [4.78, 5) is 14.1. The van der Waals surface area contributed by atoms with Crippen molar-refractivity contribution in [2.75, 3.05) is 0 Å². The van der Waals surface area contributed by atoms with Crippen LogP contribution in [0.5, 0.6) is 0 Å². The Bertz CT molecular complexity index is 1430. The number of halogens is 2. The zero-order valence-corrected chi connectivity index (χ0v) is 20.2. The third-order valence-electron chi connectivity index (χ3n) is 6.42. The fourth-order valence-electron chi connectivity index (χ4n) is 4.46. The molecule has 1 N–H and O–H groups in total. The van der Waals surface area contributed by atoms with Gasteiger partial charge in [0, 0.05) is 27.1 Å². The Kier molecular flexibility index (Phi) is 6.29. The number of hydrogen-bond donors (Lipinski definition) is 1. The van der Waals surface area contributed by atoms with Gasteiger partial charge in [-0.05, 0) is 66.9 Å². The predicted molar refractivity (Wildman–Crippen MR) is 138 cm³/mol. The van der Waals surface area contributed by atoms with E-state index in [2.05, 4.69) is 0 Å². The van der Waals surface area contributed by atoms with Gasteiger partial charge in [0.05, 0.1) is 5.60 Å². The maximum Gasteiger partial charge on any atom is 0.194 e. The number of carbonyl (C=O) groups is 1. The number of Topliss-reactive ketones (excluding diaryl/α,β-unsaturated/α-hetero) is 1. The molecule has 0 radical (unpaired) electrons.